The summed E-state index contributed by atoms with van der Waals surface area (Å²) < 4.78 is 0. The van der Waals surface area contributed by atoms with Crippen molar-refractivity contribution in [2.75, 3.05) is 0 Å². The Balaban J connectivity index is 2.09. The Morgan fingerprint density at radius 1 is 0.773 bits per heavy atom. The van der Waals surface area contributed by atoms with Gasteiger partial charge in [0.1, 0.15) is 0 Å². The van der Waals surface area contributed by atoms with Crippen LogP contribution in [0.25, 0.3) is 0 Å². The highest BCUT2D eigenvalue weighted by molar-refractivity contribution is 5.83. The number of benzene rings is 2. The Bertz CT molecular complexity index is 705. The van der Waals surface area contributed by atoms with E-state index in [2.05, 4.69) is 10.2 Å². The topological polar surface area (TPSA) is 111 Å². The summed E-state index contributed by atoms with van der Waals surface area (Å²) in [7, 11) is 0. The molecule has 0 aliphatic heterocycles. The van der Waals surface area contributed by atoms with Crippen LogP contribution in [-0.4, -0.2) is 22.3 Å². The highest BCUT2D eigenvalue weighted by atomic mass is 16.6. The quantitative estimate of drug-likeness (QED) is 0.480. The summed E-state index contributed by atoms with van der Waals surface area (Å²) >= 11 is 0. The van der Waals surface area contributed by atoms with E-state index in [0.717, 1.165) is 0 Å². The summed E-state index contributed by atoms with van der Waals surface area (Å²) in [6, 6.07) is 11.9. The number of nitro benzene ring substituents is 2. The van der Waals surface area contributed by atoms with Crippen molar-refractivity contribution >= 4 is 23.8 Å². The maximum Gasteiger partial charge on any atom is 0.270 e. The van der Waals surface area contributed by atoms with E-state index in [4.69, 9.17) is 0 Å². The third kappa shape index (κ3) is 4.04. The molecule has 0 amide bonds. The SMILES string of the molecule is O=[N+]([O-])c1cccc(/C=N\N=C\c2cccc([N+](=O)[O-])c2)c1. The molecule has 22 heavy (non-hydrogen) atoms. The van der Waals surface area contributed by atoms with Crippen LogP contribution >= 0.6 is 0 Å². The predicted octanol–water partition coefficient (Wildman–Crippen LogP) is 2.96. The van der Waals surface area contributed by atoms with Crippen molar-refractivity contribution in [1.82, 2.24) is 0 Å². The second kappa shape index (κ2) is 6.84. The molecule has 2 aromatic carbocycles. The molecule has 0 aliphatic carbocycles. The molecular weight excluding hydrogens is 288 g/mol. The van der Waals surface area contributed by atoms with Gasteiger partial charge in [0, 0.05) is 35.4 Å². The number of hydrogen-bond acceptors (Lipinski definition) is 6. The van der Waals surface area contributed by atoms with Crippen LogP contribution in [0.15, 0.2) is 58.7 Å². The monoisotopic (exact) mass is 298 g/mol. The minimum Gasteiger partial charge on any atom is -0.258 e. The van der Waals surface area contributed by atoms with Gasteiger partial charge < -0.3 is 0 Å². The van der Waals surface area contributed by atoms with Gasteiger partial charge in [0.2, 0.25) is 0 Å². The lowest BCUT2D eigenvalue weighted by atomic mass is 10.2. The summed E-state index contributed by atoms with van der Waals surface area (Å²) in [6.45, 7) is 0. The zero-order chi connectivity index (χ0) is 15.9. The molecule has 0 spiro atoms. The predicted molar refractivity (Wildman–Crippen MR) is 81.4 cm³/mol. The van der Waals surface area contributed by atoms with Crippen molar-refractivity contribution in [1.29, 1.82) is 0 Å². The van der Waals surface area contributed by atoms with Crippen LogP contribution in [0.5, 0.6) is 0 Å². The van der Waals surface area contributed by atoms with Gasteiger partial charge in [-0.05, 0) is 0 Å². The molecule has 0 fully saturated rings. The highest BCUT2D eigenvalue weighted by Crippen LogP contribution is 2.12. The molecule has 8 heteroatoms. The first-order valence-corrected chi connectivity index (χ1v) is 6.11. The molecule has 0 aromatic heterocycles. The van der Waals surface area contributed by atoms with Gasteiger partial charge in [-0.2, -0.15) is 10.2 Å². The van der Waals surface area contributed by atoms with Gasteiger partial charge in [-0.3, -0.25) is 20.2 Å². The van der Waals surface area contributed by atoms with Gasteiger partial charge in [-0.1, -0.05) is 24.3 Å². The Morgan fingerprint density at radius 3 is 1.55 bits per heavy atom. The number of nitro groups is 2. The zero-order valence-corrected chi connectivity index (χ0v) is 11.2. The summed E-state index contributed by atoms with van der Waals surface area (Å²) in [6.07, 6.45) is 2.72. The lowest BCUT2D eigenvalue weighted by molar-refractivity contribution is -0.385. The largest absolute Gasteiger partial charge is 0.270 e. The number of rotatable bonds is 5. The standard InChI is InChI=1S/C14H10N4O4/c19-17(20)13-5-1-3-11(7-13)9-15-16-10-12-4-2-6-14(8-12)18(21)22/h1-10H/b15-9-,16-10+. The van der Waals surface area contributed by atoms with Crippen molar-refractivity contribution in [2.45, 2.75) is 0 Å². The van der Waals surface area contributed by atoms with Crippen molar-refractivity contribution in [3.8, 4) is 0 Å². The molecule has 0 N–H and O–H groups in total. The van der Waals surface area contributed by atoms with Crippen molar-refractivity contribution in [2.24, 2.45) is 10.2 Å². The smallest absolute Gasteiger partial charge is 0.258 e. The molecule has 0 aliphatic rings. The maximum absolute atomic E-state index is 10.6. The van der Waals surface area contributed by atoms with E-state index >= 15 is 0 Å². The second-order valence-electron chi connectivity index (χ2n) is 4.19. The van der Waals surface area contributed by atoms with Crippen LogP contribution in [-0.2, 0) is 0 Å². The van der Waals surface area contributed by atoms with E-state index in [9.17, 15) is 20.2 Å². The molecule has 0 heterocycles. The van der Waals surface area contributed by atoms with Gasteiger partial charge in [0.05, 0.1) is 22.3 Å². The number of hydrogen-bond donors (Lipinski definition) is 0. The molecule has 0 atom stereocenters. The van der Waals surface area contributed by atoms with E-state index in [-0.39, 0.29) is 11.4 Å². The van der Waals surface area contributed by atoms with Crippen LogP contribution < -0.4 is 0 Å². The molecule has 0 radical (unpaired) electrons. The average molecular weight is 298 g/mol. The lowest BCUT2D eigenvalue weighted by Crippen LogP contribution is -1.90. The second-order valence-corrected chi connectivity index (χ2v) is 4.19. The van der Waals surface area contributed by atoms with Crippen LogP contribution in [0.4, 0.5) is 11.4 Å². The lowest BCUT2D eigenvalue weighted by Gasteiger charge is -1.93. The van der Waals surface area contributed by atoms with Crippen molar-refractivity contribution < 1.29 is 9.85 Å². The molecule has 8 nitrogen and oxygen atoms in total. The van der Waals surface area contributed by atoms with Crippen LogP contribution in [0, 0.1) is 20.2 Å². The molecule has 2 aromatic rings. The molecule has 0 saturated carbocycles. The van der Waals surface area contributed by atoms with E-state index in [1.807, 2.05) is 0 Å². The van der Waals surface area contributed by atoms with Gasteiger partial charge in [-0.15, -0.1) is 0 Å². The highest BCUT2D eigenvalue weighted by Gasteiger charge is 2.04. The third-order valence-corrected chi connectivity index (χ3v) is 2.64. The Kier molecular flexibility index (Phi) is 4.66. The molecule has 0 unspecified atom stereocenters. The Labute approximate surface area is 124 Å². The Morgan fingerprint density at radius 2 is 1.18 bits per heavy atom. The molecule has 0 bridgehead atoms. The normalized spacial score (nSPS) is 11.1. The zero-order valence-electron chi connectivity index (χ0n) is 11.2. The summed E-state index contributed by atoms with van der Waals surface area (Å²) in [5.74, 6) is 0. The fourth-order valence-electron chi connectivity index (χ4n) is 1.64. The fourth-order valence-corrected chi connectivity index (χ4v) is 1.64. The van der Waals surface area contributed by atoms with E-state index in [1.165, 1.54) is 36.7 Å². The first-order valence-electron chi connectivity index (χ1n) is 6.11. The average Bonchev–Trinajstić information content (AvgIpc) is 2.52. The Hall–Kier alpha value is -3.42. The summed E-state index contributed by atoms with van der Waals surface area (Å²) in [4.78, 5) is 20.3. The number of non-ortho nitro benzene ring substituents is 2. The summed E-state index contributed by atoms with van der Waals surface area (Å²) in [5.41, 5.74) is 0.994. The van der Waals surface area contributed by atoms with Gasteiger partial charge in [0.25, 0.3) is 11.4 Å². The first kappa shape index (κ1) is 15.0. The van der Waals surface area contributed by atoms with Gasteiger partial charge >= 0.3 is 0 Å². The summed E-state index contributed by atoms with van der Waals surface area (Å²) in [5, 5.41) is 28.8. The fraction of sp³-hybridized carbons (Fsp3) is 0. The van der Waals surface area contributed by atoms with Crippen molar-refractivity contribution in [3.05, 3.63) is 79.9 Å². The third-order valence-electron chi connectivity index (χ3n) is 2.64. The van der Waals surface area contributed by atoms with E-state index in [1.54, 1.807) is 24.3 Å². The van der Waals surface area contributed by atoms with Crippen LogP contribution in [0.2, 0.25) is 0 Å². The molecule has 0 saturated heterocycles. The van der Waals surface area contributed by atoms with Crippen molar-refractivity contribution in [3.63, 3.8) is 0 Å². The minimum atomic E-state index is -0.496. The van der Waals surface area contributed by atoms with E-state index < -0.39 is 9.85 Å². The van der Waals surface area contributed by atoms with Crippen LogP contribution in [0.3, 0.4) is 0 Å². The number of nitrogens with zero attached hydrogens (tertiary/aromatic N) is 4. The molecule has 110 valence electrons. The van der Waals surface area contributed by atoms with Gasteiger partial charge in [0.15, 0.2) is 0 Å². The van der Waals surface area contributed by atoms with Crippen LogP contribution in [0.1, 0.15) is 11.1 Å². The molecule has 2 rings (SSSR count). The minimum absolute atomic E-state index is 0.0355. The maximum atomic E-state index is 10.6. The molecular formula is C14H10N4O4. The van der Waals surface area contributed by atoms with Gasteiger partial charge in [-0.25, -0.2) is 0 Å². The van der Waals surface area contributed by atoms with E-state index in [0.29, 0.717) is 11.1 Å². The first-order chi connectivity index (χ1) is 10.6.